The summed E-state index contributed by atoms with van der Waals surface area (Å²) in [6.07, 6.45) is 6.09. The van der Waals surface area contributed by atoms with Crippen molar-refractivity contribution in [1.29, 1.82) is 0 Å². The maximum Gasteiger partial charge on any atom is 0.137 e. The first-order valence-electron chi connectivity index (χ1n) is 8.17. The van der Waals surface area contributed by atoms with Crippen LogP contribution in [-0.4, -0.2) is 58.4 Å². The normalized spacial score (nSPS) is 28.9. The van der Waals surface area contributed by atoms with Crippen molar-refractivity contribution in [3.63, 3.8) is 0 Å². The summed E-state index contributed by atoms with van der Waals surface area (Å²) in [4.78, 5) is 13.5. The second-order valence-corrected chi connectivity index (χ2v) is 6.44. The van der Waals surface area contributed by atoms with Crippen LogP contribution in [0.4, 0.5) is 11.6 Å². The number of nitrogens with zero attached hydrogens (tertiary/aromatic N) is 4. The van der Waals surface area contributed by atoms with Crippen LogP contribution in [0.1, 0.15) is 18.4 Å². The zero-order valence-electron chi connectivity index (χ0n) is 12.8. The lowest BCUT2D eigenvalue weighted by Crippen LogP contribution is -2.51. The van der Waals surface area contributed by atoms with Crippen LogP contribution in [0.15, 0.2) is 19.0 Å². The number of anilines is 2. The van der Waals surface area contributed by atoms with Gasteiger partial charge in [0.2, 0.25) is 0 Å². The minimum Gasteiger partial charge on any atom is -0.375 e. The Labute approximate surface area is 130 Å². The number of rotatable bonds is 3. The predicted octanol–water partition coefficient (Wildman–Crippen LogP) is 0.850. The molecule has 118 valence electrons. The molecule has 2 fully saturated rings. The molecule has 4 rings (SSSR count). The van der Waals surface area contributed by atoms with E-state index in [2.05, 4.69) is 31.7 Å². The molecule has 0 spiro atoms. The van der Waals surface area contributed by atoms with E-state index in [0.717, 1.165) is 50.7 Å². The smallest absolute Gasteiger partial charge is 0.137 e. The number of piperidine rings is 1. The number of likely N-dealkylation sites (tertiary alicyclic amines) is 1. The van der Waals surface area contributed by atoms with Crippen LogP contribution in [0, 0.1) is 5.92 Å². The van der Waals surface area contributed by atoms with E-state index < -0.39 is 6.23 Å². The second-order valence-electron chi connectivity index (χ2n) is 6.44. The third-order valence-electron chi connectivity index (χ3n) is 5.34. The molecular formula is C16H23N5O. The molecule has 0 bridgehead atoms. The Morgan fingerprint density at radius 3 is 3.09 bits per heavy atom. The number of aliphatic hydroxyl groups is 1. The van der Waals surface area contributed by atoms with E-state index in [1.807, 2.05) is 0 Å². The first kappa shape index (κ1) is 14.0. The van der Waals surface area contributed by atoms with Gasteiger partial charge in [0.15, 0.2) is 0 Å². The fourth-order valence-corrected chi connectivity index (χ4v) is 4.16. The molecule has 3 atom stereocenters. The van der Waals surface area contributed by atoms with E-state index >= 15 is 0 Å². The lowest BCUT2D eigenvalue weighted by atomic mass is 9.92. The summed E-state index contributed by atoms with van der Waals surface area (Å²) >= 11 is 0. The van der Waals surface area contributed by atoms with Crippen molar-refractivity contribution in [2.24, 2.45) is 5.92 Å². The standard InChI is InChI=1S/C16H23N5O/c1-2-14(22)20-7-4-11-5-8-21(13(11)9-20)16-12-3-6-17-15(12)18-10-19-16/h2,10-11,13-14,22H,1,3-9H2,(H,17,18,19). The highest BCUT2D eigenvalue weighted by Gasteiger charge is 2.41. The van der Waals surface area contributed by atoms with E-state index in [0.29, 0.717) is 12.0 Å². The summed E-state index contributed by atoms with van der Waals surface area (Å²) in [6, 6.07) is 0.433. The van der Waals surface area contributed by atoms with Crippen LogP contribution >= 0.6 is 0 Å². The number of aromatic nitrogens is 2. The van der Waals surface area contributed by atoms with Gasteiger partial charge in [0.1, 0.15) is 24.2 Å². The largest absolute Gasteiger partial charge is 0.375 e. The first-order chi connectivity index (χ1) is 10.8. The second kappa shape index (κ2) is 5.52. The first-order valence-corrected chi connectivity index (χ1v) is 8.17. The molecule has 3 unspecified atom stereocenters. The number of aliphatic hydroxyl groups excluding tert-OH is 1. The summed E-state index contributed by atoms with van der Waals surface area (Å²) in [5.41, 5.74) is 1.25. The van der Waals surface area contributed by atoms with Crippen LogP contribution in [0.2, 0.25) is 0 Å². The van der Waals surface area contributed by atoms with Crippen molar-refractivity contribution < 1.29 is 5.11 Å². The maximum atomic E-state index is 10.1. The minimum absolute atomic E-state index is 0.433. The molecule has 1 aromatic rings. The van der Waals surface area contributed by atoms with Gasteiger partial charge in [-0.3, -0.25) is 4.90 Å². The van der Waals surface area contributed by atoms with Gasteiger partial charge in [0, 0.05) is 37.8 Å². The molecule has 3 aliphatic heterocycles. The van der Waals surface area contributed by atoms with Gasteiger partial charge in [0.25, 0.3) is 0 Å². The Balaban J connectivity index is 1.61. The number of nitrogens with one attached hydrogen (secondary N) is 1. The van der Waals surface area contributed by atoms with Crippen LogP contribution < -0.4 is 10.2 Å². The fraction of sp³-hybridized carbons (Fsp3) is 0.625. The van der Waals surface area contributed by atoms with Gasteiger partial charge in [-0.25, -0.2) is 9.97 Å². The molecule has 3 aliphatic rings. The Hall–Kier alpha value is -1.66. The molecule has 2 saturated heterocycles. The summed E-state index contributed by atoms with van der Waals surface area (Å²) in [5, 5.41) is 13.4. The van der Waals surface area contributed by atoms with Crippen molar-refractivity contribution in [1.82, 2.24) is 14.9 Å². The Bertz CT molecular complexity index is 578. The average Bonchev–Trinajstić information content (AvgIpc) is 3.19. The SMILES string of the molecule is C=CC(O)N1CCC2CCN(c3ncnc4c3CCN4)C2C1. The lowest BCUT2D eigenvalue weighted by Gasteiger charge is -2.40. The quantitative estimate of drug-likeness (QED) is 0.807. The molecule has 1 aromatic heterocycles. The van der Waals surface area contributed by atoms with Crippen LogP contribution in [0.5, 0.6) is 0 Å². The minimum atomic E-state index is -0.541. The monoisotopic (exact) mass is 301 g/mol. The fourth-order valence-electron chi connectivity index (χ4n) is 4.16. The topological polar surface area (TPSA) is 64.5 Å². The third kappa shape index (κ3) is 2.18. The molecule has 4 heterocycles. The highest BCUT2D eigenvalue weighted by molar-refractivity contribution is 5.62. The van der Waals surface area contributed by atoms with E-state index in [-0.39, 0.29) is 0 Å². The summed E-state index contributed by atoms with van der Waals surface area (Å²) in [6.45, 7) is 7.54. The molecular weight excluding hydrogens is 278 g/mol. The average molecular weight is 301 g/mol. The van der Waals surface area contributed by atoms with Crippen molar-refractivity contribution in [3.8, 4) is 0 Å². The Morgan fingerprint density at radius 2 is 2.23 bits per heavy atom. The highest BCUT2D eigenvalue weighted by atomic mass is 16.3. The Kier molecular flexibility index (Phi) is 3.50. The molecule has 0 saturated carbocycles. The Morgan fingerprint density at radius 1 is 1.36 bits per heavy atom. The molecule has 22 heavy (non-hydrogen) atoms. The molecule has 0 aliphatic carbocycles. The zero-order chi connectivity index (χ0) is 15.1. The number of hydrogen-bond acceptors (Lipinski definition) is 6. The number of hydrogen-bond donors (Lipinski definition) is 2. The van der Waals surface area contributed by atoms with Gasteiger partial charge in [-0.1, -0.05) is 6.58 Å². The van der Waals surface area contributed by atoms with Gasteiger partial charge < -0.3 is 15.3 Å². The summed E-state index contributed by atoms with van der Waals surface area (Å²) < 4.78 is 0. The van der Waals surface area contributed by atoms with Crippen molar-refractivity contribution >= 4 is 11.6 Å². The molecule has 0 radical (unpaired) electrons. The van der Waals surface area contributed by atoms with Gasteiger partial charge in [-0.05, 0) is 31.3 Å². The van der Waals surface area contributed by atoms with Crippen LogP contribution in [0.3, 0.4) is 0 Å². The van der Waals surface area contributed by atoms with Crippen molar-refractivity contribution in [3.05, 3.63) is 24.5 Å². The maximum absolute atomic E-state index is 10.1. The van der Waals surface area contributed by atoms with Crippen LogP contribution in [0.25, 0.3) is 0 Å². The molecule has 6 heteroatoms. The van der Waals surface area contributed by atoms with Crippen molar-refractivity contribution in [2.75, 3.05) is 36.4 Å². The van der Waals surface area contributed by atoms with Crippen molar-refractivity contribution in [2.45, 2.75) is 31.5 Å². The summed E-state index contributed by atoms with van der Waals surface area (Å²) in [5.74, 6) is 2.79. The van der Waals surface area contributed by atoms with Gasteiger partial charge in [0.05, 0.1) is 0 Å². The summed E-state index contributed by atoms with van der Waals surface area (Å²) in [7, 11) is 0. The lowest BCUT2D eigenvalue weighted by molar-refractivity contribution is 0.0138. The van der Waals surface area contributed by atoms with Gasteiger partial charge in [-0.15, -0.1) is 0 Å². The van der Waals surface area contributed by atoms with Gasteiger partial charge >= 0.3 is 0 Å². The van der Waals surface area contributed by atoms with E-state index in [4.69, 9.17) is 0 Å². The van der Waals surface area contributed by atoms with E-state index in [1.165, 1.54) is 12.0 Å². The van der Waals surface area contributed by atoms with E-state index in [1.54, 1.807) is 12.4 Å². The predicted molar refractivity (Wildman–Crippen MR) is 85.9 cm³/mol. The number of fused-ring (bicyclic) bond motifs is 2. The van der Waals surface area contributed by atoms with Crippen LogP contribution in [-0.2, 0) is 6.42 Å². The van der Waals surface area contributed by atoms with E-state index in [9.17, 15) is 5.11 Å². The third-order valence-corrected chi connectivity index (χ3v) is 5.34. The highest BCUT2D eigenvalue weighted by Crippen LogP contribution is 2.38. The molecule has 0 aromatic carbocycles. The zero-order valence-corrected chi connectivity index (χ0v) is 12.8. The van der Waals surface area contributed by atoms with Gasteiger partial charge in [-0.2, -0.15) is 0 Å². The molecule has 2 N–H and O–H groups in total. The molecule has 6 nitrogen and oxygen atoms in total. The molecule has 0 amide bonds.